The maximum Gasteiger partial charge on any atom is 0.250 e. The predicted molar refractivity (Wildman–Crippen MR) is 106 cm³/mol. The monoisotopic (exact) mass is 381 g/mol. The molecule has 1 heterocycles. The molecule has 8 heteroatoms. The lowest BCUT2D eigenvalue weighted by Gasteiger charge is -2.04. The Morgan fingerprint density at radius 2 is 1.93 bits per heavy atom. The molecule has 1 amide bonds. The van der Waals surface area contributed by atoms with Crippen LogP contribution in [-0.4, -0.2) is 39.7 Å². The average Bonchev–Trinajstić information content (AvgIpc) is 3.08. The van der Waals surface area contributed by atoms with E-state index in [9.17, 15) is 4.79 Å². The van der Waals surface area contributed by atoms with E-state index in [1.165, 1.54) is 11.8 Å². The Bertz CT molecular complexity index is 940. The van der Waals surface area contributed by atoms with Crippen molar-refractivity contribution < 1.29 is 9.53 Å². The molecule has 0 aliphatic carbocycles. The number of ether oxygens (including phenoxy) is 1. The molecule has 27 heavy (non-hydrogen) atoms. The summed E-state index contributed by atoms with van der Waals surface area (Å²) in [6.45, 7) is 0. The number of amides is 1. The molecule has 0 aliphatic rings. The van der Waals surface area contributed by atoms with Crippen LogP contribution in [0.25, 0.3) is 11.4 Å². The number of hydrogen-bond acceptors (Lipinski definition) is 6. The van der Waals surface area contributed by atoms with Gasteiger partial charge in [0.1, 0.15) is 5.75 Å². The topological polar surface area (TPSA) is 81.4 Å². The van der Waals surface area contributed by atoms with Gasteiger partial charge in [0.2, 0.25) is 0 Å². The van der Waals surface area contributed by atoms with Crippen LogP contribution in [-0.2, 0) is 11.8 Å². The molecule has 0 aliphatic heterocycles. The standard InChI is InChI=1S/C19H19N5O2S/c1-24-18(14-8-4-3-5-9-14)22-23-19(24)27-13-17(25)21-20-12-15-10-6-7-11-16(15)26-2/h3-12H,13H2,1-2H3,(H,21,25)/b20-12+. The lowest BCUT2D eigenvalue weighted by atomic mass is 10.2. The quantitative estimate of drug-likeness (QED) is 0.387. The molecule has 0 saturated carbocycles. The molecule has 1 N–H and O–H groups in total. The Morgan fingerprint density at radius 3 is 2.70 bits per heavy atom. The van der Waals surface area contributed by atoms with Crippen LogP contribution in [0, 0.1) is 0 Å². The number of nitrogens with one attached hydrogen (secondary N) is 1. The molecule has 138 valence electrons. The lowest BCUT2D eigenvalue weighted by Crippen LogP contribution is -2.20. The number of carbonyl (C=O) groups is 1. The Labute approximate surface area is 161 Å². The minimum atomic E-state index is -0.226. The van der Waals surface area contributed by atoms with E-state index in [1.807, 2.05) is 66.2 Å². The van der Waals surface area contributed by atoms with E-state index >= 15 is 0 Å². The zero-order valence-corrected chi connectivity index (χ0v) is 15.8. The van der Waals surface area contributed by atoms with Crippen LogP contribution in [0.1, 0.15) is 5.56 Å². The molecule has 0 spiro atoms. The van der Waals surface area contributed by atoms with Crippen molar-refractivity contribution in [1.82, 2.24) is 20.2 Å². The van der Waals surface area contributed by atoms with E-state index in [4.69, 9.17) is 4.74 Å². The summed E-state index contributed by atoms with van der Waals surface area (Å²) in [7, 11) is 3.47. The predicted octanol–water partition coefficient (Wildman–Crippen LogP) is 2.73. The van der Waals surface area contributed by atoms with E-state index in [-0.39, 0.29) is 11.7 Å². The molecule has 3 rings (SSSR count). The molecule has 2 aromatic carbocycles. The molecule has 7 nitrogen and oxygen atoms in total. The Hall–Kier alpha value is -3.13. The molecule has 3 aromatic rings. The summed E-state index contributed by atoms with van der Waals surface area (Å²) in [5, 5.41) is 13.0. The van der Waals surface area contributed by atoms with Crippen LogP contribution in [0.5, 0.6) is 5.75 Å². The molecular weight excluding hydrogens is 362 g/mol. The molecule has 0 atom stereocenters. The minimum absolute atomic E-state index is 0.185. The van der Waals surface area contributed by atoms with E-state index in [0.29, 0.717) is 10.9 Å². The number of rotatable bonds is 7. The normalized spacial score (nSPS) is 10.9. The number of benzene rings is 2. The van der Waals surface area contributed by atoms with Gasteiger partial charge >= 0.3 is 0 Å². The van der Waals surface area contributed by atoms with Crippen molar-refractivity contribution >= 4 is 23.9 Å². The molecular formula is C19H19N5O2S. The third kappa shape index (κ3) is 4.73. The van der Waals surface area contributed by atoms with Crippen LogP contribution in [0.15, 0.2) is 64.9 Å². The largest absolute Gasteiger partial charge is 0.496 e. The number of aromatic nitrogens is 3. The fraction of sp³-hybridized carbons (Fsp3) is 0.158. The van der Waals surface area contributed by atoms with Crippen molar-refractivity contribution in [2.45, 2.75) is 5.16 Å². The SMILES string of the molecule is COc1ccccc1/C=N/NC(=O)CSc1nnc(-c2ccccc2)n1C. The van der Waals surface area contributed by atoms with E-state index in [0.717, 1.165) is 17.0 Å². The van der Waals surface area contributed by atoms with Gasteiger partial charge in [0, 0.05) is 18.2 Å². The van der Waals surface area contributed by atoms with E-state index in [1.54, 1.807) is 13.3 Å². The lowest BCUT2D eigenvalue weighted by molar-refractivity contribution is -0.118. The molecule has 0 saturated heterocycles. The zero-order chi connectivity index (χ0) is 19.1. The summed E-state index contributed by atoms with van der Waals surface area (Å²) < 4.78 is 7.10. The van der Waals surface area contributed by atoms with Gasteiger partial charge in [0.05, 0.1) is 19.1 Å². The highest BCUT2D eigenvalue weighted by molar-refractivity contribution is 7.99. The number of hydrazone groups is 1. The Morgan fingerprint density at radius 1 is 1.19 bits per heavy atom. The van der Waals surface area contributed by atoms with Crippen LogP contribution in [0.4, 0.5) is 0 Å². The molecule has 1 aromatic heterocycles. The molecule has 0 unspecified atom stereocenters. The number of para-hydroxylation sites is 1. The van der Waals surface area contributed by atoms with E-state index < -0.39 is 0 Å². The van der Waals surface area contributed by atoms with Gasteiger partial charge in [-0.25, -0.2) is 5.43 Å². The summed E-state index contributed by atoms with van der Waals surface area (Å²) in [6, 6.07) is 17.2. The molecule has 0 fully saturated rings. The van der Waals surface area contributed by atoms with Gasteiger partial charge in [-0.15, -0.1) is 10.2 Å². The first-order valence-electron chi connectivity index (χ1n) is 8.21. The van der Waals surface area contributed by atoms with E-state index in [2.05, 4.69) is 20.7 Å². The number of nitrogens with zero attached hydrogens (tertiary/aromatic N) is 4. The fourth-order valence-electron chi connectivity index (χ4n) is 2.39. The maximum atomic E-state index is 12.0. The summed E-state index contributed by atoms with van der Waals surface area (Å²) in [6.07, 6.45) is 1.55. The van der Waals surface area contributed by atoms with Gasteiger partial charge in [-0.05, 0) is 12.1 Å². The highest BCUT2D eigenvalue weighted by atomic mass is 32.2. The smallest absolute Gasteiger partial charge is 0.250 e. The first kappa shape index (κ1) is 18.7. The first-order valence-corrected chi connectivity index (χ1v) is 9.20. The fourth-order valence-corrected chi connectivity index (χ4v) is 3.09. The summed E-state index contributed by atoms with van der Waals surface area (Å²) in [5.41, 5.74) is 4.27. The van der Waals surface area contributed by atoms with Crippen LogP contribution in [0.3, 0.4) is 0 Å². The number of carbonyl (C=O) groups excluding carboxylic acids is 1. The van der Waals surface area contributed by atoms with Crippen LogP contribution < -0.4 is 10.2 Å². The summed E-state index contributed by atoms with van der Waals surface area (Å²) in [4.78, 5) is 12.0. The average molecular weight is 381 g/mol. The van der Waals surface area contributed by atoms with Crippen molar-refractivity contribution in [1.29, 1.82) is 0 Å². The highest BCUT2D eigenvalue weighted by Gasteiger charge is 2.12. The third-order valence-corrected chi connectivity index (χ3v) is 4.75. The van der Waals surface area contributed by atoms with Crippen LogP contribution >= 0.6 is 11.8 Å². The van der Waals surface area contributed by atoms with Gasteiger partial charge in [0.25, 0.3) is 5.91 Å². The van der Waals surface area contributed by atoms with Gasteiger partial charge < -0.3 is 9.30 Å². The zero-order valence-electron chi connectivity index (χ0n) is 15.0. The molecule has 0 bridgehead atoms. The number of thioether (sulfide) groups is 1. The van der Waals surface area contributed by atoms with Crippen LogP contribution in [0.2, 0.25) is 0 Å². The minimum Gasteiger partial charge on any atom is -0.496 e. The van der Waals surface area contributed by atoms with Gasteiger partial charge in [-0.3, -0.25) is 4.79 Å². The second-order valence-electron chi connectivity index (χ2n) is 5.56. The van der Waals surface area contributed by atoms with Gasteiger partial charge in [-0.2, -0.15) is 5.10 Å². The van der Waals surface area contributed by atoms with Crippen molar-refractivity contribution in [2.75, 3.05) is 12.9 Å². The van der Waals surface area contributed by atoms with Crippen molar-refractivity contribution in [3.63, 3.8) is 0 Å². The number of methoxy groups -OCH3 is 1. The van der Waals surface area contributed by atoms with Crippen molar-refractivity contribution in [2.24, 2.45) is 12.1 Å². The molecule has 0 radical (unpaired) electrons. The Kier molecular flexibility index (Phi) is 6.22. The van der Waals surface area contributed by atoms with Crippen molar-refractivity contribution in [3.8, 4) is 17.1 Å². The third-order valence-electron chi connectivity index (χ3n) is 3.73. The number of hydrogen-bond donors (Lipinski definition) is 1. The second-order valence-corrected chi connectivity index (χ2v) is 6.50. The summed E-state index contributed by atoms with van der Waals surface area (Å²) >= 11 is 1.30. The second kappa shape index (κ2) is 9.00. The van der Waals surface area contributed by atoms with Crippen molar-refractivity contribution in [3.05, 3.63) is 60.2 Å². The Balaban J connectivity index is 1.55. The van der Waals surface area contributed by atoms with Gasteiger partial charge in [-0.1, -0.05) is 54.2 Å². The summed E-state index contributed by atoms with van der Waals surface area (Å²) in [5.74, 6) is 1.41. The van der Waals surface area contributed by atoms with Gasteiger partial charge in [0.15, 0.2) is 11.0 Å². The first-order chi connectivity index (χ1) is 13.2. The maximum absolute atomic E-state index is 12.0. The highest BCUT2D eigenvalue weighted by Crippen LogP contribution is 2.22.